The van der Waals surface area contributed by atoms with E-state index in [0.717, 1.165) is 5.52 Å². The van der Waals surface area contributed by atoms with Crippen LogP contribution in [-0.4, -0.2) is 27.7 Å². The largest absolute Gasteiger partial charge is 0.423 e. The molecular weight excluding hydrogens is 258 g/mol. The van der Waals surface area contributed by atoms with E-state index in [1.54, 1.807) is 19.4 Å². The number of nitrogens with zero attached hydrogens (tertiary/aromatic N) is 3. The van der Waals surface area contributed by atoms with Gasteiger partial charge in [0.25, 0.3) is 6.01 Å². The van der Waals surface area contributed by atoms with Crippen LogP contribution in [0.3, 0.4) is 0 Å². The summed E-state index contributed by atoms with van der Waals surface area (Å²) in [7, 11) is 1.59. The molecular formula is C13H13N5O2. The Morgan fingerprint density at radius 2 is 2.25 bits per heavy atom. The molecule has 2 N–H and O–H groups in total. The van der Waals surface area contributed by atoms with Gasteiger partial charge in [0.05, 0.1) is 11.9 Å². The highest BCUT2D eigenvalue weighted by Crippen LogP contribution is 2.21. The number of rotatable bonds is 4. The number of oxazole rings is 1. The SMILES string of the molecule is CNC(=O)Cn1cc(Nc2nc3ccccc3o2)cn1. The molecule has 0 fully saturated rings. The van der Waals surface area contributed by atoms with Gasteiger partial charge in [-0.05, 0) is 12.1 Å². The van der Waals surface area contributed by atoms with Gasteiger partial charge in [-0.2, -0.15) is 10.1 Å². The predicted molar refractivity (Wildman–Crippen MR) is 73.6 cm³/mol. The molecule has 0 radical (unpaired) electrons. The van der Waals surface area contributed by atoms with Crippen LogP contribution in [0.4, 0.5) is 11.7 Å². The van der Waals surface area contributed by atoms with Crippen molar-refractivity contribution >= 4 is 28.7 Å². The quantitative estimate of drug-likeness (QED) is 0.751. The van der Waals surface area contributed by atoms with Crippen LogP contribution in [-0.2, 0) is 11.3 Å². The number of anilines is 2. The fourth-order valence-corrected chi connectivity index (χ4v) is 1.79. The first kappa shape index (κ1) is 12.2. The topological polar surface area (TPSA) is 85.0 Å². The van der Waals surface area contributed by atoms with Gasteiger partial charge in [0.15, 0.2) is 5.58 Å². The van der Waals surface area contributed by atoms with Gasteiger partial charge in [-0.25, -0.2) is 0 Å². The highest BCUT2D eigenvalue weighted by atomic mass is 16.4. The zero-order valence-corrected chi connectivity index (χ0v) is 10.8. The highest BCUT2D eigenvalue weighted by molar-refractivity contribution is 5.76. The number of fused-ring (bicyclic) bond motifs is 1. The Labute approximate surface area is 114 Å². The van der Waals surface area contributed by atoms with E-state index in [0.29, 0.717) is 17.3 Å². The maximum Gasteiger partial charge on any atom is 0.300 e. The Morgan fingerprint density at radius 1 is 1.40 bits per heavy atom. The molecule has 0 atom stereocenters. The molecule has 1 aromatic carbocycles. The Bertz CT molecular complexity index is 713. The molecule has 0 aliphatic rings. The number of hydrogen-bond acceptors (Lipinski definition) is 5. The van der Waals surface area contributed by atoms with Crippen LogP contribution >= 0.6 is 0 Å². The summed E-state index contributed by atoms with van der Waals surface area (Å²) in [5, 5.41) is 9.63. The van der Waals surface area contributed by atoms with E-state index in [1.165, 1.54) is 4.68 Å². The predicted octanol–water partition coefficient (Wildman–Crippen LogP) is 1.51. The number of para-hydroxylation sites is 2. The van der Waals surface area contributed by atoms with E-state index in [-0.39, 0.29) is 12.5 Å². The fraction of sp³-hybridized carbons (Fsp3) is 0.154. The van der Waals surface area contributed by atoms with Crippen LogP contribution in [0.5, 0.6) is 0 Å². The number of likely N-dealkylation sites (N-methyl/N-ethyl adjacent to an activating group) is 1. The lowest BCUT2D eigenvalue weighted by molar-refractivity contribution is -0.121. The summed E-state index contributed by atoms with van der Waals surface area (Å²) >= 11 is 0. The molecule has 0 spiro atoms. The maximum atomic E-state index is 11.2. The number of carbonyl (C=O) groups excluding carboxylic acids is 1. The van der Waals surface area contributed by atoms with Gasteiger partial charge >= 0.3 is 0 Å². The molecule has 3 rings (SSSR count). The number of hydrogen-bond donors (Lipinski definition) is 2. The molecule has 20 heavy (non-hydrogen) atoms. The maximum absolute atomic E-state index is 11.2. The molecule has 7 nitrogen and oxygen atoms in total. The summed E-state index contributed by atoms with van der Waals surface area (Å²) in [5.41, 5.74) is 2.21. The minimum absolute atomic E-state index is 0.110. The van der Waals surface area contributed by atoms with Crippen molar-refractivity contribution in [3.63, 3.8) is 0 Å². The summed E-state index contributed by atoms with van der Waals surface area (Å²) < 4.78 is 7.08. The van der Waals surface area contributed by atoms with E-state index in [2.05, 4.69) is 20.7 Å². The van der Waals surface area contributed by atoms with Crippen LogP contribution in [0, 0.1) is 0 Å². The first-order chi connectivity index (χ1) is 9.74. The molecule has 3 aromatic rings. The number of amides is 1. The average Bonchev–Trinajstić information content (AvgIpc) is 3.05. The van der Waals surface area contributed by atoms with Gasteiger partial charge in [0.2, 0.25) is 5.91 Å². The minimum Gasteiger partial charge on any atom is -0.423 e. The Morgan fingerprint density at radius 3 is 3.05 bits per heavy atom. The van der Waals surface area contributed by atoms with Crippen LogP contribution in [0.25, 0.3) is 11.1 Å². The molecule has 102 valence electrons. The first-order valence-corrected chi connectivity index (χ1v) is 6.10. The molecule has 0 aliphatic heterocycles. The number of nitrogens with one attached hydrogen (secondary N) is 2. The minimum atomic E-state index is -0.110. The monoisotopic (exact) mass is 271 g/mol. The zero-order chi connectivity index (χ0) is 13.9. The lowest BCUT2D eigenvalue weighted by Gasteiger charge is -1.99. The van der Waals surface area contributed by atoms with E-state index in [9.17, 15) is 4.79 Å². The molecule has 1 amide bonds. The molecule has 0 bridgehead atoms. The van der Waals surface area contributed by atoms with E-state index in [1.807, 2.05) is 24.3 Å². The molecule has 2 heterocycles. The summed E-state index contributed by atoms with van der Waals surface area (Å²) in [6.07, 6.45) is 3.32. The van der Waals surface area contributed by atoms with E-state index < -0.39 is 0 Å². The van der Waals surface area contributed by atoms with Crippen molar-refractivity contribution < 1.29 is 9.21 Å². The van der Waals surface area contributed by atoms with Crippen LogP contribution in [0.15, 0.2) is 41.1 Å². The van der Waals surface area contributed by atoms with Gasteiger partial charge in [0, 0.05) is 13.2 Å². The first-order valence-electron chi connectivity index (χ1n) is 6.10. The van der Waals surface area contributed by atoms with Crippen molar-refractivity contribution in [2.24, 2.45) is 0 Å². The summed E-state index contributed by atoms with van der Waals surface area (Å²) in [4.78, 5) is 15.5. The molecule has 0 unspecified atom stereocenters. The normalized spacial score (nSPS) is 10.7. The highest BCUT2D eigenvalue weighted by Gasteiger charge is 2.07. The van der Waals surface area contributed by atoms with Crippen molar-refractivity contribution in [2.45, 2.75) is 6.54 Å². The molecule has 7 heteroatoms. The summed E-state index contributed by atoms with van der Waals surface area (Å²) in [6.45, 7) is 0.172. The van der Waals surface area contributed by atoms with E-state index >= 15 is 0 Å². The Hall–Kier alpha value is -2.83. The average molecular weight is 271 g/mol. The zero-order valence-electron chi connectivity index (χ0n) is 10.8. The second kappa shape index (κ2) is 5.04. The van der Waals surface area contributed by atoms with Gasteiger partial charge in [0.1, 0.15) is 12.1 Å². The summed E-state index contributed by atoms with van der Waals surface area (Å²) in [6, 6.07) is 7.90. The molecule has 2 aromatic heterocycles. The van der Waals surface area contributed by atoms with Crippen molar-refractivity contribution in [1.82, 2.24) is 20.1 Å². The second-order valence-electron chi connectivity index (χ2n) is 4.21. The van der Waals surface area contributed by atoms with Crippen LogP contribution in [0.1, 0.15) is 0 Å². The third-order valence-corrected chi connectivity index (χ3v) is 2.76. The summed E-state index contributed by atoms with van der Waals surface area (Å²) in [5.74, 6) is -0.110. The lowest BCUT2D eigenvalue weighted by atomic mass is 10.3. The third kappa shape index (κ3) is 2.46. The van der Waals surface area contributed by atoms with Gasteiger partial charge in [-0.3, -0.25) is 9.48 Å². The van der Waals surface area contributed by atoms with Gasteiger partial charge in [-0.15, -0.1) is 0 Å². The molecule has 0 saturated carbocycles. The number of benzene rings is 1. The Balaban J connectivity index is 1.75. The molecule has 0 saturated heterocycles. The van der Waals surface area contributed by atoms with Crippen molar-refractivity contribution in [3.05, 3.63) is 36.7 Å². The van der Waals surface area contributed by atoms with Crippen molar-refractivity contribution in [3.8, 4) is 0 Å². The standard InChI is InChI=1S/C13H13N5O2/c1-14-12(19)8-18-7-9(6-15-18)16-13-17-10-4-2-3-5-11(10)20-13/h2-7H,8H2,1H3,(H,14,19)(H,16,17). The van der Waals surface area contributed by atoms with Crippen molar-refractivity contribution in [2.75, 3.05) is 12.4 Å². The van der Waals surface area contributed by atoms with Crippen molar-refractivity contribution in [1.29, 1.82) is 0 Å². The molecule has 0 aliphatic carbocycles. The van der Waals surface area contributed by atoms with Crippen LogP contribution in [0.2, 0.25) is 0 Å². The third-order valence-electron chi connectivity index (χ3n) is 2.76. The number of carbonyl (C=O) groups is 1. The van der Waals surface area contributed by atoms with E-state index in [4.69, 9.17) is 4.42 Å². The fourth-order valence-electron chi connectivity index (χ4n) is 1.79. The van der Waals surface area contributed by atoms with Crippen LogP contribution < -0.4 is 10.6 Å². The second-order valence-corrected chi connectivity index (χ2v) is 4.21. The van der Waals surface area contributed by atoms with Gasteiger partial charge in [-0.1, -0.05) is 12.1 Å². The number of aromatic nitrogens is 3. The lowest BCUT2D eigenvalue weighted by Crippen LogP contribution is -2.23. The Kier molecular flexibility index (Phi) is 3.08. The smallest absolute Gasteiger partial charge is 0.300 e. The van der Waals surface area contributed by atoms with Gasteiger partial charge < -0.3 is 15.1 Å².